The predicted molar refractivity (Wildman–Crippen MR) is 76.3 cm³/mol. The van der Waals surface area contributed by atoms with Crippen LogP contribution < -0.4 is 5.32 Å². The fourth-order valence-corrected chi connectivity index (χ4v) is 1.97. The minimum absolute atomic E-state index is 0.132. The summed E-state index contributed by atoms with van der Waals surface area (Å²) in [6.07, 6.45) is 1.52. The molecular formula is C14H13N5O2. The van der Waals surface area contributed by atoms with Gasteiger partial charge in [0.15, 0.2) is 11.5 Å². The van der Waals surface area contributed by atoms with Crippen LogP contribution in [0.5, 0.6) is 11.5 Å². The molecule has 0 atom stereocenters. The van der Waals surface area contributed by atoms with E-state index in [9.17, 15) is 10.2 Å². The molecule has 0 spiro atoms. The van der Waals surface area contributed by atoms with Gasteiger partial charge in [0.05, 0.1) is 11.4 Å². The summed E-state index contributed by atoms with van der Waals surface area (Å²) in [5, 5.41) is 33.2. The van der Waals surface area contributed by atoms with Crippen LogP contribution in [-0.2, 0) is 6.54 Å². The van der Waals surface area contributed by atoms with Crippen molar-refractivity contribution < 1.29 is 10.2 Å². The average molecular weight is 283 g/mol. The summed E-state index contributed by atoms with van der Waals surface area (Å²) >= 11 is 0. The molecule has 3 aromatic rings. The quantitative estimate of drug-likeness (QED) is 0.630. The van der Waals surface area contributed by atoms with Crippen molar-refractivity contribution in [2.45, 2.75) is 6.54 Å². The zero-order valence-corrected chi connectivity index (χ0v) is 11.0. The summed E-state index contributed by atoms with van der Waals surface area (Å²) < 4.78 is 1.57. The van der Waals surface area contributed by atoms with Gasteiger partial charge < -0.3 is 15.5 Å². The highest BCUT2D eigenvalue weighted by molar-refractivity contribution is 5.60. The summed E-state index contributed by atoms with van der Waals surface area (Å²) in [6.45, 7) is 0.493. The highest BCUT2D eigenvalue weighted by Crippen LogP contribution is 2.26. The van der Waals surface area contributed by atoms with Gasteiger partial charge in [-0.25, -0.2) is 0 Å². The van der Waals surface area contributed by atoms with Gasteiger partial charge in [-0.15, -0.1) is 5.10 Å². The smallest absolute Gasteiger partial charge is 0.157 e. The van der Waals surface area contributed by atoms with E-state index in [4.69, 9.17) is 0 Å². The molecule has 1 heterocycles. The van der Waals surface area contributed by atoms with Crippen molar-refractivity contribution in [3.8, 4) is 17.2 Å². The monoisotopic (exact) mass is 283 g/mol. The lowest BCUT2D eigenvalue weighted by Crippen LogP contribution is -2.05. The largest absolute Gasteiger partial charge is 0.504 e. The van der Waals surface area contributed by atoms with Gasteiger partial charge in [0.25, 0.3) is 0 Å². The van der Waals surface area contributed by atoms with Crippen molar-refractivity contribution in [1.82, 2.24) is 20.2 Å². The fraction of sp³-hybridized carbons (Fsp3) is 0.0714. The fourth-order valence-electron chi connectivity index (χ4n) is 1.97. The van der Waals surface area contributed by atoms with E-state index in [2.05, 4.69) is 20.8 Å². The average Bonchev–Trinajstić information content (AvgIpc) is 3.03. The van der Waals surface area contributed by atoms with Crippen molar-refractivity contribution in [1.29, 1.82) is 0 Å². The topological polar surface area (TPSA) is 96.1 Å². The Balaban J connectivity index is 1.81. The summed E-state index contributed by atoms with van der Waals surface area (Å²) in [6, 6.07) is 12.3. The number of benzene rings is 2. The number of aromatic nitrogens is 4. The molecule has 106 valence electrons. The summed E-state index contributed by atoms with van der Waals surface area (Å²) in [4.78, 5) is 0. The van der Waals surface area contributed by atoms with E-state index in [-0.39, 0.29) is 11.5 Å². The molecule has 3 rings (SSSR count). The third kappa shape index (κ3) is 2.76. The SMILES string of the molecule is Oc1ccc(CNc2ccccc2-n2cnnn2)cc1O. The van der Waals surface area contributed by atoms with Gasteiger partial charge in [-0.05, 0) is 40.3 Å². The number of tetrazole rings is 1. The van der Waals surface area contributed by atoms with Gasteiger partial charge in [-0.2, -0.15) is 4.68 Å². The van der Waals surface area contributed by atoms with E-state index in [1.165, 1.54) is 18.5 Å². The Labute approximate surface area is 120 Å². The molecule has 0 unspecified atom stereocenters. The Morgan fingerprint density at radius 2 is 1.90 bits per heavy atom. The van der Waals surface area contributed by atoms with E-state index < -0.39 is 0 Å². The molecule has 0 bridgehead atoms. The van der Waals surface area contributed by atoms with E-state index >= 15 is 0 Å². The van der Waals surface area contributed by atoms with E-state index in [0.717, 1.165) is 16.9 Å². The number of nitrogens with zero attached hydrogens (tertiary/aromatic N) is 4. The summed E-state index contributed by atoms with van der Waals surface area (Å²) in [5.74, 6) is -0.268. The van der Waals surface area contributed by atoms with Crippen LogP contribution in [0.1, 0.15) is 5.56 Å². The standard InChI is InChI=1S/C14H13N5O2/c20-13-6-5-10(7-14(13)21)8-15-11-3-1-2-4-12(11)19-9-16-17-18-19/h1-7,9,15,20-21H,8H2. The molecule has 3 N–H and O–H groups in total. The highest BCUT2D eigenvalue weighted by Gasteiger charge is 2.06. The molecule has 0 fully saturated rings. The van der Waals surface area contributed by atoms with Gasteiger partial charge in [0, 0.05) is 6.54 Å². The maximum atomic E-state index is 9.49. The van der Waals surface area contributed by atoms with E-state index in [0.29, 0.717) is 6.54 Å². The third-order valence-corrected chi connectivity index (χ3v) is 3.02. The number of phenols is 2. The lowest BCUT2D eigenvalue weighted by Gasteiger charge is -2.11. The molecule has 21 heavy (non-hydrogen) atoms. The number of hydrogen-bond acceptors (Lipinski definition) is 6. The van der Waals surface area contributed by atoms with Gasteiger partial charge in [-0.1, -0.05) is 18.2 Å². The van der Waals surface area contributed by atoms with E-state index in [1.54, 1.807) is 10.7 Å². The molecule has 2 aromatic carbocycles. The normalized spacial score (nSPS) is 10.5. The Hall–Kier alpha value is -3.09. The van der Waals surface area contributed by atoms with E-state index in [1.807, 2.05) is 24.3 Å². The van der Waals surface area contributed by atoms with Crippen LogP contribution in [0.3, 0.4) is 0 Å². The number of para-hydroxylation sites is 2. The molecular weight excluding hydrogens is 270 g/mol. The van der Waals surface area contributed by atoms with Crippen LogP contribution in [-0.4, -0.2) is 30.4 Å². The van der Waals surface area contributed by atoms with Crippen molar-refractivity contribution in [2.24, 2.45) is 0 Å². The molecule has 0 aliphatic carbocycles. The maximum absolute atomic E-state index is 9.49. The van der Waals surface area contributed by atoms with Crippen LogP contribution in [0, 0.1) is 0 Å². The van der Waals surface area contributed by atoms with Crippen molar-refractivity contribution >= 4 is 5.69 Å². The predicted octanol–water partition coefficient (Wildman–Crippen LogP) is 1.69. The molecule has 0 saturated carbocycles. The molecule has 0 saturated heterocycles. The lowest BCUT2D eigenvalue weighted by atomic mass is 10.2. The molecule has 7 nitrogen and oxygen atoms in total. The number of rotatable bonds is 4. The molecule has 0 radical (unpaired) electrons. The zero-order valence-electron chi connectivity index (χ0n) is 11.0. The minimum atomic E-state index is -0.136. The first-order valence-electron chi connectivity index (χ1n) is 6.31. The van der Waals surface area contributed by atoms with Gasteiger partial charge >= 0.3 is 0 Å². The Morgan fingerprint density at radius 1 is 1.05 bits per heavy atom. The highest BCUT2D eigenvalue weighted by atomic mass is 16.3. The Morgan fingerprint density at radius 3 is 2.67 bits per heavy atom. The van der Waals surface area contributed by atoms with Crippen molar-refractivity contribution in [2.75, 3.05) is 5.32 Å². The van der Waals surface area contributed by atoms with Gasteiger partial charge in [0.1, 0.15) is 6.33 Å². The van der Waals surface area contributed by atoms with Gasteiger partial charge in [0.2, 0.25) is 0 Å². The second-order valence-corrected chi connectivity index (χ2v) is 4.45. The van der Waals surface area contributed by atoms with Crippen LogP contribution in [0.2, 0.25) is 0 Å². The molecule has 7 heteroatoms. The molecule has 0 aliphatic rings. The Bertz CT molecular complexity index is 743. The second-order valence-electron chi connectivity index (χ2n) is 4.45. The van der Waals surface area contributed by atoms with Crippen LogP contribution in [0.25, 0.3) is 5.69 Å². The molecule has 0 amide bonds. The first-order valence-corrected chi connectivity index (χ1v) is 6.31. The second kappa shape index (κ2) is 5.49. The number of aromatic hydroxyl groups is 2. The number of nitrogens with one attached hydrogen (secondary N) is 1. The van der Waals surface area contributed by atoms with Crippen molar-refractivity contribution in [3.05, 3.63) is 54.4 Å². The third-order valence-electron chi connectivity index (χ3n) is 3.02. The first-order chi connectivity index (χ1) is 10.2. The number of anilines is 1. The van der Waals surface area contributed by atoms with Crippen molar-refractivity contribution in [3.63, 3.8) is 0 Å². The van der Waals surface area contributed by atoms with Crippen LogP contribution in [0.4, 0.5) is 5.69 Å². The first kappa shape index (κ1) is 12.9. The maximum Gasteiger partial charge on any atom is 0.157 e. The zero-order chi connectivity index (χ0) is 14.7. The minimum Gasteiger partial charge on any atom is -0.504 e. The van der Waals surface area contributed by atoms with Crippen LogP contribution in [0.15, 0.2) is 48.8 Å². The summed E-state index contributed by atoms with van der Waals surface area (Å²) in [5.41, 5.74) is 2.53. The number of hydrogen-bond donors (Lipinski definition) is 3. The number of phenolic OH excluding ortho intramolecular Hbond substituents is 2. The molecule has 0 aliphatic heterocycles. The molecule has 1 aromatic heterocycles. The summed E-state index contributed by atoms with van der Waals surface area (Å²) in [7, 11) is 0. The van der Waals surface area contributed by atoms with Gasteiger partial charge in [-0.3, -0.25) is 0 Å². The van der Waals surface area contributed by atoms with Crippen LogP contribution >= 0.6 is 0 Å². The Kier molecular flexibility index (Phi) is 3.38. The lowest BCUT2D eigenvalue weighted by molar-refractivity contribution is 0.403.